The zero-order valence-corrected chi connectivity index (χ0v) is 14.1. The molecule has 0 radical (unpaired) electrons. The maximum Gasteiger partial charge on any atom is 0.136 e. The molecule has 0 amide bonds. The molecule has 1 saturated heterocycles. The van der Waals surface area contributed by atoms with Crippen LogP contribution >= 0.6 is 12.2 Å². The van der Waals surface area contributed by atoms with Crippen LogP contribution in [0.25, 0.3) is 0 Å². The van der Waals surface area contributed by atoms with Gasteiger partial charge >= 0.3 is 0 Å². The van der Waals surface area contributed by atoms with Crippen molar-refractivity contribution in [3.63, 3.8) is 0 Å². The van der Waals surface area contributed by atoms with Gasteiger partial charge in [-0.05, 0) is 51.3 Å². The summed E-state index contributed by atoms with van der Waals surface area (Å²) < 4.78 is 0. The van der Waals surface area contributed by atoms with E-state index in [0.29, 0.717) is 11.0 Å². The van der Waals surface area contributed by atoms with E-state index >= 15 is 0 Å². The van der Waals surface area contributed by atoms with Crippen LogP contribution in [0.5, 0.6) is 0 Å². The Hall–Kier alpha value is -1.20. The Morgan fingerprint density at radius 1 is 1.43 bits per heavy atom. The molecule has 116 valence electrons. The van der Waals surface area contributed by atoms with Gasteiger partial charge in [-0.25, -0.2) is 4.98 Å². The Morgan fingerprint density at radius 2 is 2.10 bits per heavy atom. The van der Waals surface area contributed by atoms with Gasteiger partial charge in [-0.2, -0.15) is 0 Å². The monoisotopic (exact) mass is 306 g/mol. The number of nitrogens with zero attached hydrogens (tertiary/aromatic N) is 2. The summed E-state index contributed by atoms with van der Waals surface area (Å²) in [5.74, 6) is 0.856. The predicted octanol–water partition coefficient (Wildman–Crippen LogP) is 2.62. The predicted molar refractivity (Wildman–Crippen MR) is 93.0 cm³/mol. The summed E-state index contributed by atoms with van der Waals surface area (Å²) in [5, 5.41) is 3.57. The standard InChI is InChI=1S/C16H26N4S/c1-4-7-20-8-5-13(6-9-20)19-16-14(15(17)21)11(2)10-12(3)18-16/h10,13H,4-9H2,1-3H3,(H2,17,21)(H,18,19). The number of aryl methyl sites for hydroxylation is 2. The molecule has 1 aromatic rings. The number of likely N-dealkylation sites (tertiary alicyclic amines) is 1. The molecule has 1 aromatic heterocycles. The molecule has 1 aliphatic heterocycles. The Morgan fingerprint density at radius 3 is 2.67 bits per heavy atom. The van der Waals surface area contributed by atoms with E-state index in [1.54, 1.807) is 0 Å². The summed E-state index contributed by atoms with van der Waals surface area (Å²) in [6.45, 7) is 9.78. The van der Waals surface area contributed by atoms with Gasteiger partial charge in [0.25, 0.3) is 0 Å². The number of pyridine rings is 1. The highest BCUT2D eigenvalue weighted by Gasteiger charge is 2.21. The summed E-state index contributed by atoms with van der Waals surface area (Å²) >= 11 is 5.19. The van der Waals surface area contributed by atoms with Gasteiger partial charge in [0.2, 0.25) is 0 Å². The Kier molecular flexibility index (Phi) is 5.53. The summed E-state index contributed by atoms with van der Waals surface area (Å²) in [5.41, 5.74) is 8.87. The van der Waals surface area contributed by atoms with Crippen molar-refractivity contribution < 1.29 is 0 Å². The molecule has 0 bridgehead atoms. The van der Waals surface area contributed by atoms with Crippen LogP contribution in [-0.4, -0.2) is 40.5 Å². The minimum absolute atomic E-state index is 0.422. The first-order valence-corrected chi connectivity index (χ1v) is 8.19. The van der Waals surface area contributed by atoms with Gasteiger partial charge in [-0.3, -0.25) is 0 Å². The summed E-state index contributed by atoms with van der Waals surface area (Å²) in [4.78, 5) is 7.56. The summed E-state index contributed by atoms with van der Waals surface area (Å²) in [7, 11) is 0. The normalized spacial score (nSPS) is 16.9. The van der Waals surface area contributed by atoms with Crippen molar-refractivity contribution in [2.45, 2.75) is 46.1 Å². The van der Waals surface area contributed by atoms with Crippen LogP contribution in [0, 0.1) is 13.8 Å². The van der Waals surface area contributed by atoms with Crippen LogP contribution in [0.1, 0.15) is 43.0 Å². The van der Waals surface area contributed by atoms with Crippen molar-refractivity contribution in [2.24, 2.45) is 5.73 Å². The first-order valence-electron chi connectivity index (χ1n) is 7.78. The molecule has 3 N–H and O–H groups in total. The van der Waals surface area contributed by atoms with E-state index in [1.807, 2.05) is 19.9 Å². The van der Waals surface area contributed by atoms with Crippen molar-refractivity contribution in [2.75, 3.05) is 25.0 Å². The fraction of sp³-hybridized carbons (Fsp3) is 0.625. The number of hydrogen-bond donors (Lipinski definition) is 2. The molecule has 1 fully saturated rings. The van der Waals surface area contributed by atoms with Gasteiger partial charge in [0.15, 0.2) is 0 Å². The molecule has 0 unspecified atom stereocenters. The SMILES string of the molecule is CCCN1CCC(Nc2nc(C)cc(C)c2C(N)=S)CC1. The molecule has 2 rings (SSSR count). The lowest BCUT2D eigenvalue weighted by Crippen LogP contribution is -2.39. The van der Waals surface area contributed by atoms with E-state index in [4.69, 9.17) is 18.0 Å². The van der Waals surface area contributed by atoms with Crippen LogP contribution < -0.4 is 11.1 Å². The molecule has 2 heterocycles. The van der Waals surface area contributed by atoms with E-state index in [9.17, 15) is 0 Å². The zero-order valence-electron chi connectivity index (χ0n) is 13.3. The van der Waals surface area contributed by atoms with Crippen LogP contribution in [-0.2, 0) is 0 Å². The van der Waals surface area contributed by atoms with Gasteiger partial charge in [0, 0.05) is 24.8 Å². The van der Waals surface area contributed by atoms with Gasteiger partial charge in [-0.15, -0.1) is 0 Å². The number of piperidine rings is 1. The molecule has 0 saturated carbocycles. The lowest BCUT2D eigenvalue weighted by molar-refractivity contribution is 0.219. The summed E-state index contributed by atoms with van der Waals surface area (Å²) in [6.07, 6.45) is 3.51. The average molecular weight is 306 g/mol. The number of hydrogen-bond acceptors (Lipinski definition) is 4. The molecule has 0 aliphatic carbocycles. The highest BCUT2D eigenvalue weighted by atomic mass is 32.1. The van der Waals surface area contributed by atoms with Crippen LogP contribution in [0.15, 0.2) is 6.07 Å². The highest BCUT2D eigenvalue weighted by molar-refractivity contribution is 7.80. The van der Waals surface area contributed by atoms with Gasteiger partial charge in [-0.1, -0.05) is 19.1 Å². The van der Waals surface area contributed by atoms with Gasteiger partial charge < -0.3 is 16.0 Å². The van der Waals surface area contributed by atoms with Crippen molar-refractivity contribution in [3.8, 4) is 0 Å². The van der Waals surface area contributed by atoms with E-state index in [2.05, 4.69) is 22.1 Å². The minimum Gasteiger partial charge on any atom is -0.389 e. The van der Waals surface area contributed by atoms with Crippen molar-refractivity contribution >= 4 is 23.0 Å². The number of nitrogens with two attached hydrogens (primary N) is 1. The van der Waals surface area contributed by atoms with Crippen LogP contribution in [0.2, 0.25) is 0 Å². The van der Waals surface area contributed by atoms with E-state index in [1.165, 1.54) is 13.0 Å². The summed E-state index contributed by atoms with van der Waals surface area (Å²) in [6, 6.07) is 2.49. The average Bonchev–Trinajstić information content (AvgIpc) is 2.40. The number of thiocarbonyl (C=S) groups is 1. The second-order valence-corrected chi connectivity index (χ2v) is 6.37. The first-order chi connectivity index (χ1) is 10.0. The van der Waals surface area contributed by atoms with Crippen molar-refractivity contribution in [3.05, 3.63) is 22.9 Å². The zero-order chi connectivity index (χ0) is 15.4. The number of anilines is 1. The maximum atomic E-state index is 5.88. The Bertz CT molecular complexity index is 507. The third-order valence-corrected chi connectivity index (χ3v) is 4.26. The van der Waals surface area contributed by atoms with Crippen LogP contribution in [0.4, 0.5) is 5.82 Å². The second-order valence-electron chi connectivity index (χ2n) is 5.93. The fourth-order valence-electron chi connectivity index (χ4n) is 3.06. The largest absolute Gasteiger partial charge is 0.389 e. The highest BCUT2D eigenvalue weighted by Crippen LogP contribution is 2.22. The first kappa shape index (κ1) is 16.2. The van der Waals surface area contributed by atoms with Gasteiger partial charge in [0.05, 0.1) is 5.56 Å². The number of rotatable bonds is 5. The smallest absolute Gasteiger partial charge is 0.136 e. The molecule has 0 aromatic carbocycles. The Balaban J connectivity index is 2.08. The molecular formula is C16H26N4S. The lowest BCUT2D eigenvalue weighted by atomic mass is 10.0. The maximum absolute atomic E-state index is 5.88. The minimum atomic E-state index is 0.422. The lowest BCUT2D eigenvalue weighted by Gasteiger charge is -2.32. The van der Waals surface area contributed by atoms with Crippen molar-refractivity contribution in [1.29, 1.82) is 0 Å². The van der Waals surface area contributed by atoms with Crippen molar-refractivity contribution in [1.82, 2.24) is 9.88 Å². The fourth-order valence-corrected chi connectivity index (χ4v) is 3.32. The molecule has 4 nitrogen and oxygen atoms in total. The van der Waals surface area contributed by atoms with Gasteiger partial charge in [0.1, 0.15) is 10.8 Å². The quantitative estimate of drug-likeness (QED) is 0.819. The van der Waals surface area contributed by atoms with E-state index in [0.717, 1.165) is 48.6 Å². The topological polar surface area (TPSA) is 54.2 Å². The number of aromatic nitrogens is 1. The molecule has 5 heteroatoms. The molecule has 0 spiro atoms. The van der Waals surface area contributed by atoms with E-state index < -0.39 is 0 Å². The molecule has 1 aliphatic rings. The molecule has 21 heavy (non-hydrogen) atoms. The molecule has 0 atom stereocenters. The third-order valence-electron chi connectivity index (χ3n) is 4.06. The Labute approximate surface area is 133 Å². The third kappa shape index (κ3) is 4.14. The second kappa shape index (κ2) is 7.18. The van der Waals surface area contributed by atoms with Crippen LogP contribution in [0.3, 0.4) is 0 Å². The number of nitrogens with one attached hydrogen (secondary N) is 1. The molecular weight excluding hydrogens is 280 g/mol. The van der Waals surface area contributed by atoms with E-state index in [-0.39, 0.29) is 0 Å².